The number of hydrogen-bond donors (Lipinski definition) is 1. The first-order valence-corrected chi connectivity index (χ1v) is 10.1. The van der Waals surface area contributed by atoms with Crippen molar-refractivity contribution >= 4 is 17.2 Å². The Hall–Kier alpha value is -2.52. The quantitative estimate of drug-likeness (QED) is 0.726. The number of aromatic nitrogens is 4. The maximum absolute atomic E-state index is 12.6. The van der Waals surface area contributed by atoms with E-state index in [9.17, 15) is 4.79 Å². The van der Waals surface area contributed by atoms with Gasteiger partial charge in [0.1, 0.15) is 5.69 Å². The highest BCUT2D eigenvalue weighted by Crippen LogP contribution is 2.39. The molecule has 27 heavy (non-hydrogen) atoms. The number of thiophene rings is 1. The van der Waals surface area contributed by atoms with Gasteiger partial charge >= 0.3 is 0 Å². The average Bonchev–Trinajstić information content (AvgIpc) is 3.12. The summed E-state index contributed by atoms with van der Waals surface area (Å²) in [6.07, 6.45) is 2.39. The van der Waals surface area contributed by atoms with E-state index in [0.29, 0.717) is 43.0 Å². The molecule has 5 rings (SSSR count). The fourth-order valence-electron chi connectivity index (χ4n) is 3.34. The molecule has 0 bridgehead atoms. The van der Waals surface area contributed by atoms with Gasteiger partial charge in [-0.3, -0.25) is 14.8 Å². The topological polar surface area (TPSA) is 91.2 Å². The van der Waals surface area contributed by atoms with Gasteiger partial charge in [0, 0.05) is 48.7 Å². The lowest BCUT2D eigenvalue weighted by atomic mass is 10.2. The Labute approximate surface area is 160 Å². The molecule has 0 aromatic carbocycles. The Kier molecular flexibility index (Phi) is 4.25. The van der Waals surface area contributed by atoms with E-state index in [0.717, 1.165) is 24.3 Å². The highest BCUT2D eigenvalue weighted by atomic mass is 32.1. The van der Waals surface area contributed by atoms with E-state index in [1.165, 1.54) is 12.8 Å². The third-order valence-corrected chi connectivity index (χ3v) is 5.78. The van der Waals surface area contributed by atoms with Gasteiger partial charge in [0.05, 0.1) is 6.54 Å². The van der Waals surface area contributed by atoms with Crippen LogP contribution in [-0.2, 0) is 6.54 Å². The number of piperazine rings is 1. The second-order valence-corrected chi connectivity index (χ2v) is 7.85. The van der Waals surface area contributed by atoms with Gasteiger partial charge in [-0.2, -0.15) is 21.4 Å². The number of aromatic amines is 1. The molecule has 1 aliphatic carbocycles. The van der Waals surface area contributed by atoms with Crippen LogP contribution in [-0.4, -0.2) is 62.2 Å². The molecule has 1 aliphatic heterocycles. The zero-order valence-corrected chi connectivity index (χ0v) is 15.6. The van der Waals surface area contributed by atoms with Crippen LogP contribution >= 0.6 is 11.3 Å². The van der Waals surface area contributed by atoms with Crippen molar-refractivity contribution in [3.63, 3.8) is 0 Å². The number of H-pyrrole nitrogens is 1. The standard InChI is InChI=1S/C18H20N6O2S/c25-18(15-9-14(20-21-15)12-1-2-12)24-6-4-23(5-7-24)10-16-19-17(22-26-16)13-3-8-27-11-13/h3,8-9,11-12H,1-2,4-7,10H2,(H,20,21). The second kappa shape index (κ2) is 6.90. The highest BCUT2D eigenvalue weighted by Gasteiger charge is 2.29. The monoisotopic (exact) mass is 384 g/mol. The van der Waals surface area contributed by atoms with Gasteiger partial charge in [-0.1, -0.05) is 5.16 Å². The lowest BCUT2D eigenvalue weighted by Crippen LogP contribution is -2.48. The number of nitrogens with zero attached hydrogens (tertiary/aromatic N) is 5. The summed E-state index contributed by atoms with van der Waals surface area (Å²) in [6, 6.07) is 3.89. The molecule has 0 atom stereocenters. The normalized spacial score (nSPS) is 18.1. The molecular formula is C18H20N6O2S. The van der Waals surface area contributed by atoms with Crippen molar-refractivity contribution in [1.29, 1.82) is 0 Å². The van der Waals surface area contributed by atoms with E-state index in [2.05, 4.69) is 25.2 Å². The molecule has 4 heterocycles. The predicted molar refractivity (Wildman–Crippen MR) is 99.4 cm³/mol. The summed E-state index contributed by atoms with van der Waals surface area (Å²) in [7, 11) is 0. The van der Waals surface area contributed by atoms with E-state index in [1.54, 1.807) is 11.3 Å². The summed E-state index contributed by atoms with van der Waals surface area (Å²) in [6.45, 7) is 3.52. The van der Waals surface area contributed by atoms with Gasteiger partial charge in [-0.05, 0) is 30.4 Å². The average molecular weight is 384 g/mol. The van der Waals surface area contributed by atoms with Crippen molar-refractivity contribution in [3.05, 3.63) is 40.2 Å². The van der Waals surface area contributed by atoms with Crippen molar-refractivity contribution in [3.8, 4) is 11.4 Å². The Morgan fingerprint density at radius 1 is 1.30 bits per heavy atom. The van der Waals surface area contributed by atoms with Crippen molar-refractivity contribution < 1.29 is 9.32 Å². The van der Waals surface area contributed by atoms with Crippen LogP contribution in [0.2, 0.25) is 0 Å². The number of hydrogen-bond acceptors (Lipinski definition) is 7. The molecule has 2 fully saturated rings. The molecule has 2 aliphatic rings. The number of rotatable bonds is 5. The molecule has 1 N–H and O–H groups in total. The SMILES string of the molecule is O=C(c1cc(C2CC2)[nH]n1)N1CCN(Cc2nc(-c3ccsc3)no2)CC1. The summed E-state index contributed by atoms with van der Waals surface area (Å²) >= 11 is 1.61. The number of carbonyl (C=O) groups is 1. The van der Waals surface area contributed by atoms with Gasteiger partial charge in [0.15, 0.2) is 0 Å². The molecule has 3 aromatic heterocycles. The van der Waals surface area contributed by atoms with Crippen LogP contribution in [0.4, 0.5) is 0 Å². The van der Waals surface area contributed by atoms with Gasteiger partial charge in [-0.25, -0.2) is 0 Å². The van der Waals surface area contributed by atoms with Crippen LogP contribution in [0, 0.1) is 0 Å². The zero-order valence-electron chi connectivity index (χ0n) is 14.8. The summed E-state index contributed by atoms with van der Waals surface area (Å²) in [4.78, 5) is 21.2. The van der Waals surface area contributed by atoms with E-state index in [-0.39, 0.29) is 5.91 Å². The fourth-order valence-corrected chi connectivity index (χ4v) is 3.97. The lowest BCUT2D eigenvalue weighted by molar-refractivity contribution is 0.0609. The Morgan fingerprint density at radius 3 is 2.89 bits per heavy atom. The Balaban J connectivity index is 1.16. The third-order valence-electron chi connectivity index (χ3n) is 5.10. The van der Waals surface area contributed by atoms with Crippen LogP contribution in [0.1, 0.15) is 40.8 Å². The van der Waals surface area contributed by atoms with E-state index in [1.807, 2.05) is 27.8 Å². The summed E-state index contributed by atoms with van der Waals surface area (Å²) < 4.78 is 5.37. The summed E-state index contributed by atoms with van der Waals surface area (Å²) in [5.74, 6) is 1.82. The smallest absolute Gasteiger partial charge is 0.274 e. The highest BCUT2D eigenvalue weighted by molar-refractivity contribution is 7.08. The first-order valence-electron chi connectivity index (χ1n) is 9.18. The lowest BCUT2D eigenvalue weighted by Gasteiger charge is -2.33. The molecular weight excluding hydrogens is 364 g/mol. The summed E-state index contributed by atoms with van der Waals surface area (Å²) in [5.41, 5.74) is 2.60. The van der Waals surface area contributed by atoms with Gasteiger partial charge in [-0.15, -0.1) is 0 Å². The van der Waals surface area contributed by atoms with Crippen LogP contribution in [0.3, 0.4) is 0 Å². The summed E-state index contributed by atoms with van der Waals surface area (Å²) in [5, 5.41) is 15.3. The Morgan fingerprint density at radius 2 is 2.15 bits per heavy atom. The maximum Gasteiger partial charge on any atom is 0.274 e. The first-order chi connectivity index (χ1) is 13.3. The third kappa shape index (κ3) is 3.52. The maximum atomic E-state index is 12.6. The van der Waals surface area contributed by atoms with Crippen LogP contribution in [0.5, 0.6) is 0 Å². The van der Waals surface area contributed by atoms with Crippen LogP contribution in [0.15, 0.2) is 27.4 Å². The molecule has 1 saturated heterocycles. The van der Waals surface area contributed by atoms with Crippen molar-refractivity contribution in [2.24, 2.45) is 0 Å². The molecule has 0 spiro atoms. The fraction of sp³-hybridized carbons (Fsp3) is 0.444. The molecule has 0 unspecified atom stereocenters. The number of nitrogens with one attached hydrogen (secondary N) is 1. The second-order valence-electron chi connectivity index (χ2n) is 7.07. The minimum absolute atomic E-state index is 0.00957. The molecule has 0 radical (unpaired) electrons. The minimum Gasteiger partial charge on any atom is -0.338 e. The van der Waals surface area contributed by atoms with E-state index >= 15 is 0 Å². The number of amides is 1. The van der Waals surface area contributed by atoms with Gasteiger partial charge in [0.25, 0.3) is 5.91 Å². The molecule has 8 nitrogen and oxygen atoms in total. The first kappa shape index (κ1) is 16.6. The minimum atomic E-state index is 0.00957. The molecule has 1 saturated carbocycles. The molecule has 3 aromatic rings. The van der Waals surface area contributed by atoms with Crippen molar-refractivity contribution in [2.45, 2.75) is 25.3 Å². The van der Waals surface area contributed by atoms with E-state index in [4.69, 9.17) is 4.52 Å². The Bertz CT molecular complexity index is 921. The van der Waals surface area contributed by atoms with Crippen LogP contribution < -0.4 is 0 Å². The van der Waals surface area contributed by atoms with Crippen molar-refractivity contribution in [1.82, 2.24) is 30.1 Å². The van der Waals surface area contributed by atoms with Gasteiger partial charge < -0.3 is 9.42 Å². The molecule has 140 valence electrons. The molecule has 9 heteroatoms. The largest absolute Gasteiger partial charge is 0.338 e. The van der Waals surface area contributed by atoms with E-state index < -0.39 is 0 Å². The predicted octanol–water partition coefficient (Wildman–Crippen LogP) is 2.36. The van der Waals surface area contributed by atoms with Crippen LogP contribution in [0.25, 0.3) is 11.4 Å². The van der Waals surface area contributed by atoms with Crippen molar-refractivity contribution in [2.75, 3.05) is 26.2 Å². The number of carbonyl (C=O) groups excluding carboxylic acids is 1. The van der Waals surface area contributed by atoms with Gasteiger partial charge in [0.2, 0.25) is 11.7 Å². The zero-order chi connectivity index (χ0) is 18.2. The molecule has 1 amide bonds.